The second kappa shape index (κ2) is 7.42. The number of likely N-dealkylation sites (tertiary alicyclic amines) is 1. The van der Waals surface area contributed by atoms with Crippen LogP contribution in [-0.2, 0) is 15.8 Å². The van der Waals surface area contributed by atoms with Crippen molar-refractivity contribution in [1.29, 1.82) is 0 Å². The van der Waals surface area contributed by atoms with Gasteiger partial charge in [-0.15, -0.1) is 0 Å². The number of piperidine rings is 1. The van der Waals surface area contributed by atoms with Crippen molar-refractivity contribution in [3.05, 3.63) is 28.8 Å². The van der Waals surface area contributed by atoms with Gasteiger partial charge in [-0.1, -0.05) is 18.5 Å². The number of hydrogen-bond donors (Lipinski definition) is 1. The molecule has 1 aromatic carbocycles. The second-order valence-corrected chi connectivity index (χ2v) is 6.39. The molecular weight excluding hydrogens is 345 g/mol. The van der Waals surface area contributed by atoms with Gasteiger partial charge in [-0.3, -0.25) is 9.59 Å². The van der Waals surface area contributed by atoms with E-state index >= 15 is 0 Å². The van der Waals surface area contributed by atoms with Crippen LogP contribution in [0, 0.1) is 5.92 Å². The number of anilines is 1. The van der Waals surface area contributed by atoms with Gasteiger partial charge in [0.1, 0.15) is 6.42 Å². The maximum absolute atomic E-state index is 12.8. The van der Waals surface area contributed by atoms with Crippen LogP contribution in [0.5, 0.6) is 0 Å². The average molecular weight is 363 g/mol. The average Bonchev–Trinajstić information content (AvgIpc) is 2.48. The summed E-state index contributed by atoms with van der Waals surface area (Å²) >= 11 is 5.52. The van der Waals surface area contributed by atoms with Gasteiger partial charge in [0.2, 0.25) is 11.8 Å². The van der Waals surface area contributed by atoms with E-state index in [9.17, 15) is 22.8 Å². The van der Waals surface area contributed by atoms with E-state index in [2.05, 4.69) is 12.2 Å². The Morgan fingerprint density at radius 1 is 1.29 bits per heavy atom. The Morgan fingerprint density at radius 2 is 1.92 bits per heavy atom. The van der Waals surface area contributed by atoms with E-state index in [4.69, 9.17) is 11.6 Å². The lowest BCUT2D eigenvalue weighted by molar-refractivity contribution is -0.138. The summed E-state index contributed by atoms with van der Waals surface area (Å²) in [6.45, 7) is 3.31. The molecule has 132 valence electrons. The monoisotopic (exact) mass is 362 g/mol. The molecule has 1 aromatic rings. The molecule has 24 heavy (non-hydrogen) atoms. The van der Waals surface area contributed by atoms with E-state index in [-0.39, 0.29) is 11.6 Å². The summed E-state index contributed by atoms with van der Waals surface area (Å²) in [6.07, 6.45) is -3.23. The van der Waals surface area contributed by atoms with Crippen molar-refractivity contribution < 1.29 is 22.8 Å². The van der Waals surface area contributed by atoms with Crippen molar-refractivity contribution in [1.82, 2.24) is 4.90 Å². The van der Waals surface area contributed by atoms with Gasteiger partial charge in [0.15, 0.2) is 0 Å². The number of hydrogen-bond acceptors (Lipinski definition) is 2. The zero-order valence-corrected chi connectivity index (χ0v) is 13.9. The Bertz CT molecular complexity index is 626. The molecule has 1 saturated heterocycles. The number of nitrogens with zero attached hydrogens (tertiary/aromatic N) is 1. The highest BCUT2D eigenvalue weighted by Crippen LogP contribution is 2.36. The van der Waals surface area contributed by atoms with Gasteiger partial charge >= 0.3 is 6.18 Å². The zero-order chi connectivity index (χ0) is 17.9. The van der Waals surface area contributed by atoms with E-state index in [1.54, 1.807) is 4.90 Å². The highest BCUT2D eigenvalue weighted by molar-refractivity contribution is 6.31. The number of amides is 2. The molecule has 1 aliphatic rings. The van der Waals surface area contributed by atoms with Gasteiger partial charge in [-0.2, -0.15) is 13.2 Å². The first-order valence-corrected chi connectivity index (χ1v) is 7.99. The molecule has 0 aromatic heterocycles. The lowest BCUT2D eigenvalue weighted by atomic mass is 9.99. The van der Waals surface area contributed by atoms with Gasteiger partial charge in [-0.05, 0) is 37.0 Å². The predicted molar refractivity (Wildman–Crippen MR) is 84.7 cm³/mol. The van der Waals surface area contributed by atoms with Gasteiger partial charge < -0.3 is 10.2 Å². The minimum Gasteiger partial charge on any atom is -0.342 e. The van der Waals surface area contributed by atoms with Crippen molar-refractivity contribution in [3.8, 4) is 0 Å². The van der Waals surface area contributed by atoms with Crippen LogP contribution >= 0.6 is 11.6 Å². The second-order valence-electron chi connectivity index (χ2n) is 5.98. The summed E-state index contributed by atoms with van der Waals surface area (Å²) < 4.78 is 38.4. The molecule has 0 unspecified atom stereocenters. The minimum absolute atomic E-state index is 0.0446. The normalized spacial score (nSPS) is 16.1. The standard InChI is InChI=1S/C16H18ClF3N2O2/c1-10-4-6-22(7-5-10)15(24)9-14(23)21-11-2-3-13(17)12(8-11)16(18,19)20/h2-3,8,10H,4-7,9H2,1H3,(H,21,23). The Hall–Kier alpha value is -1.76. The summed E-state index contributed by atoms with van der Waals surface area (Å²) in [5, 5.41) is 1.87. The summed E-state index contributed by atoms with van der Waals surface area (Å²) in [5.41, 5.74) is -1.07. The minimum atomic E-state index is -4.61. The predicted octanol–water partition coefficient (Wildman–Crippen LogP) is 3.95. The highest BCUT2D eigenvalue weighted by Gasteiger charge is 2.33. The highest BCUT2D eigenvalue weighted by atomic mass is 35.5. The fourth-order valence-electron chi connectivity index (χ4n) is 2.53. The molecule has 4 nitrogen and oxygen atoms in total. The zero-order valence-electron chi connectivity index (χ0n) is 13.1. The number of benzene rings is 1. The Morgan fingerprint density at radius 3 is 2.50 bits per heavy atom. The first kappa shape index (κ1) is 18.6. The lowest BCUT2D eigenvalue weighted by Gasteiger charge is -2.30. The van der Waals surface area contributed by atoms with E-state index < -0.39 is 29.1 Å². The topological polar surface area (TPSA) is 49.4 Å². The molecule has 1 fully saturated rings. The van der Waals surface area contributed by atoms with Gasteiger partial charge in [0.05, 0.1) is 10.6 Å². The van der Waals surface area contributed by atoms with Crippen molar-refractivity contribution in [2.45, 2.75) is 32.4 Å². The summed E-state index contributed by atoms with van der Waals surface area (Å²) in [4.78, 5) is 25.6. The molecular formula is C16H18ClF3N2O2. The van der Waals surface area contributed by atoms with Crippen LogP contribution in [0.4, 0.5) is 18.9 Å². The Balaban J connectivity index is 1.96. The molecule has 1 N–H and O–H groups in total. The van der Waals surface area contributed by atoms with Crippen molar-refractivity contribution in [3.63, 3.8) is 0 Å². The van der Waals surface area contributed by atoms with Crippen LogP contribution in [-0.4, -0.2) is 29.8 Å². The molecule has 2 amide bonds. The Labute approximate surface area is 143 Å². The van der Waals surface area contributed by atoms with Crippen LogP contribution in [0.2, 0.25) is 5.02 Å². The third kappa shape index (κ3) is 4.87. The SMILES string of the molecule is CC1CCN(C(=O)CC(=O)Nc2ccc(Cl)c(C(F)(F)F)c2)CC1. The van der Waals surface area contributed by atoms with E-state index in [0.717, 1.165) is 25.0 Å². The summed E-state index contributed by atoms with van der Waals surface area (Å²) in [7, 11) is 0. The Kier molecular flexibility index (Phi) is 5.74. The number of halogens is 4. The quantitative estimate of drug-likeness (QED) is 0.828. The van der Waals surface area contributed by atoms with E-state index in [1.807, 2.05) is 0 Å². The molecule has 8 heteroatoms. The first-order chi connectivity index (χ1) is 11.2. The third-order valence-corrected chi connectivity index (χ3v) is 4.33. The molecule has 0 aliphatic carbocycles. The van der Waals surface area contributed by atoms with Crippen molar-refractivity contribution in [2.75, 3.05) is 18.4 Å². The molecule has 0 spiro atoms. The summed E-state index contributed by atoms with van der Waals surface area (Å²) in [6, 6.07) is 3.09. The number of carbonyl (C=O) groups is 2. The maximum atomic E-state index is 12.8. The molecule has 1 aliphatic heterocycles. The third-order valence-electron chi connectivity index (χ3n) is 4.00. The van der Waals surface area contributed by atoms with E-state index in [0.29, 0.717) is 19.0 Å². The van der Waals surface area contributed by atoms with Crippen molar-refractivity contribution >= 4 is 29.1 Å². The molecule has 2 rings (SSSR count). The van der Waals surface area contributed by atoms with Crippen LogP contribution in [0.1, 0.15) is 31.7 Å². The van der Waals surface area contributed by atoms with Gasteiger partial charge in [0, 0.05) is 18.8 Å². The smallest absolute Gasteiger partial charge is 0.342 e. The molecule has 1 heterocycles. The molecule has 0 saturated carbocycles. The van der Waals surface area contributed by atoms with Crippen LogP contribution < -0.4 is 5.32 Å². The fourth-order valence-corrected chi connectivity index (χ4v) is 2.76. The molecule has 0 atom stereocenters. The maximum Gasteiger partial charge on any atom is 0.417 e. The number of carbonyl (C=O) groups excluding carboxylic acids is 2. The van der Waals surface area contributed by atoms with Crippen molar-refractivity contribution in [2.24, 2.45) is 5.92 Å². The van der Waals surface area contributed by atoms with Crippen LogP contribution in [0.25, 0.3) is 0 Å². The lowest BCUT2D eigenvalue weighted by Crippen LogP contribution is -2.39. The van der Waals surface area contributed by atoms with Gasteiger partial charge in [0.25, 0.3) is 0 Å². The van der Waals surface area contributed by atoms with Gasteiger partial charge in [-0.25, -0.2) is 0 Å². The number of nitrogens with one attached hydrogen (secondary N) is 1. The first-order valence-electron chi connectivity index (χ1n) is 7.61. The number of alkyl halides is 3. The molecule has 0 bridgehead atoms. The van der Waals surface area contributed by atoms with Crippen LogP contribution in [0.15, 0.2) is 18.2 Å². The fraction of sp³-hybridized carbons (Fsp3) is 0.500. The van der Waals surface area contributed by atoms with E-state index in [1.165, 1.54) is 6.07 Å². The largest absolute Gasteiger partial charge is 0.417 e. The summed E-state index contributed by atoms with van der Waals surface area (Å²) in [5.74, 6) is -0.406. The number of rotatable bonds is 3. The molecule has 0 radical (unpaired) electrons. The van der Waals surface area contributed by atoms with Crippen LogP contribution in [0.3, 0.4) is 0 Å².